The Bertz CT molecular complexity index is 645. The second kappa shape index (κ2) is 7.92. The Labute approximate surface area is 139 Å². The fourth-order valence-corrected chi connectivity index (χ4v) is 2.21. The molecule has 0 heterocycles. The third kappa shape index (κ3) is 4.83. The molecule has 0 aliphatic rings. The Balaban J connectivity index is 1.85. The standard InChI is InChI=1S/C16H16Cl2N2O2/c1-22-15-7-6-13(18)10-14(15)20-16(21)19-9-8-11-2-4-12(17)5-3-11/h2-7,10H,8-9H2,1H3,(H2,19,20,21). The average Bonchev–Trinajstić information content (AvgIpc) is 2.49. The summed E-state index contributed by atoms with van der Waals surface area (Å²) in [5.74, 6) is 0.553. The molecule has 0 atom stereocenters. The number of anilines is 1. The van der Waals surface area contributed by atoms with E-state index < -0.39 is 0 Å². The fourth-order valence-electron chi connectivity index (χ4n) is 1.92. The summed E-state index contributed by atoms with van der Waals surface area (Å²) in [6, 6.07) is 12.2. The van der Waals surface area contributed by atoms with Gasteiger partial charge in [0.15, 0.2) is 0 Å². The first-order valence-corrected chi connectivity index (χ1v) is 7.47. The van der Waals surface area contributed by atoms with Gasteiger partial charge in [0.05, 0.1) is 12.8 Å². The molecular formula is C16H16Cl2N2O2. The molecule has 2 amide bonds. The number of carbonyl (C=O) groups is 1. The highest BCUT2D eigenvalue weighted by Crippen LogP contribution is 2.27. The van der Waals surface area contributed by atoms with Crippen LogP contribution < -0.4 is 15.4 Å². The zero-order valence-corrected chi connectivity index (χ0v) is 13.5. The minimum atomic E-state index is -0.311. The Morgan fingerprint density at radius 1 is 1.09 bits per heavy atom. The number of benzene rings is 2. The van der Waals surface area contributed by atoms with Gasteiger partial charge in [-0.05, 0) is 42.3 Å². The summed E-state index contributed by atoms with van der Waals surface area (Å²) in [6.07, 6.45) is 0.720. The van der Waals surface area contributed by atoms with Crippen LogP contribution in [0.4, 0.5) is 10.5 Å². The van der Waals surface area contributed by atoms with Crippen LogP contribution in [0.2, 0.25) is 10.0 Å². The molecule has 0 saturated heterocycles. The number of nitrogens with one attached hydrogen (secondary N) is 2. The van der Waals surface area contributed by atoms with E-state index in [1.807, 2.05) is 24.3 Å². The van der Waals surface area contributed by atoms with Crippen LogP contribution >= 0.6 is 23.2 Å². The quantitative estimate of drug-likeness (QED) is 0.850. The van der Waals surface area contributed by atoms with Gasteiger partial charge in [0, 0.05) is 16.6 Å². The first kappa shape index (κ1) is 16.5. The van der Waals surface area contributed by atoms with E-state index in [9.17, 15) is 4.79 Å². The monoisotopic (exact) mass is 338 g/mol. The number of halogens is 2. The number of hydrogen-bond donors (Lipinski definition) is 2. The number of carbonyl (C=O) groups excluding carboxylic acids is 1. The molecule has 0 radical (unpaired) electrons. The van der Waals surface area contributed by atoms with E-state index in [0.29, 0.717) is 28.0 Å². The third-order valence-electron chi connectivity index (χ3n) is 3.02. The lowest BCUT2D eigenvalue weighted by Gasteiger charge is -2.11. The van der Waals surface area contributed by atoms with Crippen LogP contribution in [0.3, 0.4) is 0 Å². The summed E-state index contributed by atoms with van der Waals surface area (Å²) in [4.78, 5) is 11.9. The maximum Gasteiger partial charge on any atom is 0.319 e. The lowest BCUT2D eigenvalue weighted by molar-refractivity contribution is 0.252. The van der Waals surface area contributed by atoms with Crippen LogP contribution in [0.15, 0.2) is 42.5 Å². The van der Waals surface area contributed by atoms with Crippen molar-refractivity contribution in [3.8, 4) is 5.75 Å². The zero-order chi connectivity index (χ0) is 15.9. The van der Waals surface area contributed by atoms with Gasteiger partial charge in [-0.15, -0.1) is 0 Å². The van der Waals surface area contributed by atoms with Crippen LogP contribution in [-0.4, -0.2) is 19.7 Å². The summed E-state index contributed by atoms with van der Waals surface area (Å²) in [5.41, 5.74) is 1.63. The Morgan fingerprint density at radius 3 is 2.45 bits per heavy atom. The van der Waals surface area contributed by atoms with Gasteiger partial charge in [-0.1, -0.05) is 35.3 Å². The summed E-state index contributed by atoms with van der Waals surface area (Å²) < 4.78 is 5.17. The van der Waals surface area contributed by atoms with E-state index in [-0.39, 0.29) is 6.03 Å². The molecular weight excluding hydrogens is 323 g/mol. The van der Waals surface area contributed by atoms with E-state index in [0.717, 1.165) is 12.0 Å². The van der Waals surface area contributed by atoms with Crippen molar-refractivity contribution in [3.05, 3.63) is 58.1 Å². The highest BCUT2D eigenvalue weighted by Gasteiger charge is 2.07. The first-order valence-electron chi connectivity index (χ1n) is 6.71. The largest absolute Gasteiger partial charge is 0.495 e. The van der Waals surface area contributed by atoms with Gasteiger partial charge in [0.1, 0.15) is 5.75 Å². The van der Waals surface area contributed by atoms with Gasteiger partial charge >= 0.3 is 6.03 Å². The summed E-state index contributed by atoms with van der Waals surface area (Å²) >= 11 is 11.7. The van der Waals surface area contributed by atoms with Crippen LogP contribution in [0.25, 0.3) is 0 Å². The molecule has 0 aliphatic carbocycles. The van der Waals surface area contributed by atoms with Crippen LogP contribution in [0.1, 0.15) is 5.56 Å². The van der Waals surface area contributed by atoms with E-state index in [1.165, 1.54) is 7.11 Å². The molecule has 2 aromatic carbocycles. The number of urea groups is 1. The second-order valence-electron chi connectivity index (χ2n) is 4.60. The fraction of sp³-hybridized carbons (Fsp3) is 0.188. The molecule has 4 nitrogen and oxygen atoms in total. The minimum absolute atomic E-state index is 0.311. The number of amides is 2. The molecule has 0 bridgehead atoms. The molecule has 2 rings (SSSR count). The van der Waals surface area contributed by atoms with Crippen molar-refractivity contribution in [2.75, 3.05) is 19.0 Å². The van der Waals surface area contributed by atoms with Crippen LogP contribution in [-0.2, 0) is 6.42 Å². The smallest absolute Gasteiger partial charge is 0.319 e. The molecule has 0 spiro atoms. The maximum absolute atomic E-state index is 11.9. The predicted octanol–water partition coefficient (Wildman–Crippen LogP) is 4.37. The molecule has 2 N–H and O–H groups in total. The predicted molar refractivity (Wildman–Crippen MR) is 90.2 cm³/mol. The number of methoxy groups -OCH3 is 1. The van der Waals surface area contributed by atoms with Crippen LogP contribution in [0, 0.1) is 0 Å². The molecule has 0 aromatic heterocycles. The average molecular weight is 339 g/mol. The van der Waals surface area contributed by atoms with Crippen molar-refractivity contribution in [1.29, 1.82) is 0 Å². The Hall–Kier alpha value is -1.91. The Morgan fingerprint density at radius 2 is 1.77 bits per heavy atom. The lowest BCUT2D eigenvalue weighted by atomic mass is 10.1. The molecule has 6 heteroatoms. The number of ether oxygens (including phenoxy) is 1. The van der Waals surface area contributed by atoms with E-state index in [1.54, 1.807) is 18.2 Å². The van der Waals surface area contributed by atoms with Gasteiger partial charge in [0.2, 0.25) is 0 Å². The van der Waals surface area contributed by atoms with E-state index in [2.05, 4.69) is 10.6 Å². The summed E-state index contributed by atoms with van der Waals surface area (Å²) in [7, 11) is 1.53. The number of hydrogen-bond acceptors (Lipinski definition) is 2. The summed E-state index contributed by atoms with van der Waals surface area (Å²) in [6.45, 7) is 0.510. The SMILES string of the molecule is COc1ccc(Cl)cc1NC(=O)NCCc1ccc(Cl)cc1. The van der Waals surface area contributed by atoms with Gasteiger partial charge in [-0.2, -0.15) is 0 Å². The molecule has 2 aromatic rings. The topological polar surface area (TPSA) is 50.4 Å². The Kier molecular flexibility index (Phi) is 5.92. The van der Waals surface area contributed by atoms with Crippen molar-refractivity contribution >= 4 is 34.9 Å². The lowest BCUT2D eigenvalue weighted by Crippen LogP contribution is -2.30. The highest BCUT2D eigenvalue weighted by atomic mass is 35.5. The molecule has 22 heavy (non-hydrogen) atoms. The van der Waals surface area contributed by atoms with Crippen molar-refractivity contribution in [2.45, 2.75) is 6.42 Å². The number of rotatable bonds is 5. The third-order valence-corrected chi connectivity index (χ3v) is 3.51. The molecule has 0 saturated carbocycles. The van der Waals surface area contributed by atoms with Crippen molar-refractivity contribution in [2.24, 2.45) is 0 Å². The normalized spacial score (nSPS) is 10.1. The first-order chi connectivity index (χ1) is 10.6. The molecule has 116 valence electrons. The summed E-state index contributed by atoms with van der Waals surface area (Å²) in [5, 5.41) is 6.72. The zero-order valence-electron chi connectivity index (χ0n) is 12.0. The van der Waals surface area contributed by atoms with Gasteiger partial charge < -0.3 is 15.4 Å². The molecule has 0 unspecified atom stereocenters. The van der Waals surface area contributed by atoms with Gasteiger partial charge in [-0.3, -0.25) is 0 Å². The van der Waals surface area contributed by atoms with Crippen molar-refractivity contribution in [3.63, 3.8) is 0 Å². The van der Waals surface area contributed by atoms with Crippen molar-refractivity contribution in [1.82, 2.24) is 5.32 Å². The van der Waals surface area contributed by atoms with Crippen LogP contribution in [0.5, 0.6) is 5.75 Å². The van der Waals surface area contributed by atoms with Gasteiger partial charge in [-0.25, -0.2) is 4.79 Å². The molecule has 0 aliphatic heterocycles. The van der Waals surface area contributed by atoms with E-state index >= 15 is 0 Å². The van der Waals surface area contributed by atoms with Gasteiger partial charge in [0.25, 0.3) is 0 Å². The highest BCUT2D eigenvalue weighted by molar-refractivity contribution is 6.31. The minimum Gasteiger partial charge on any atom is -0.495 e. The van der Waals surface area contributed by atoms with Crippen molar-refractivity contribution < 1.29 is 9.53 Å². The second-order valence-corrected chi connectivity index (χ2v) is 5.47. The molecule has 0 fully saturated rings. The van der Waals surface area contributed by atoms with E-state index in [4.69, 9.17) is 27.9 Å². The maximum atomic E-state index is 11.9.